The smallest absolute Gasteiger partial charge is 0.270 e. The standard InChI is InChI=1S/C27H28N8O3/c1-27(2,3)19-8-4-15(10-23(19)36)13-28-25(37)21-12-22(30-14-29-21)26(38)31-20-9-6-16-11-17(5-7-18(16)20)24-32-34-35-33-24/h4-5,7-8,10-12,14,20,36H,6,9,13H2,1-3H3,(H,28,37)(H,31,38)(H,32,33,34,35)/t20-/m0/s1. The number of carbonyl (C=O) groups excluding carboxylic acids is 2. The second-order valence-electron chi connectivity index (χ2n) is 10.3. The number of aromatic amines is 1. The summed E-state index contributed by atoms with van der Waals surface area (Å²) in [6.45, 7) is 6.26. The molecule has 0 unspecified atom stereocenters. The third kappa shape index (κ3) is 5.22. The summed E-state index contributed by atoms with van der Waals surface area (Å²) in [5.41, 5.74) is 4.57. The highest BCUT2D eigenvalue weighted by molar-refractivity contribution is 5.97. The number of H-pyrrole nitrogens is 1. The summed E-state index contributed by atoms with van der Waals surface area (Å²) in [7, 11) is 0. The first-order valence-electron chi connectivity index (χ1n) is 12.3. The molecule has 4 aromatic rings. The van der Waals surface area contributed by atoms with Crippen LogP contribution in [0.3, 0.4) is 0 Å². The number of rotatable bonds is 6. The van der Waals surface area contributed by atoms with Crippen LogP contribution in [0, 0.1) is 0 Å². The number of hydrogen-bond acceptors (Lipinski definition) is 8. The van der Waals surface area contributed by atoms with Crippen LogP contribution in [-0.2, 0) is 18.4 Å². The van der Waals surface area contributed by atoms with E-state index >= 15 is 0 Å². The second kappa shape index (κ2) is 10.0. The zero-order valence-electron chi connectivity index (χ0n) is 21.3. The Morgan fingerprint density at radius 1 is 1.05 bits per heavy atom. The van der Waals surface area contributed by atoms with E-state index in [0.29, 0.717) is 5.82 Å². The van der Waals surface area contributed by atoms with Crippen molar-refractivity contribution in [2.45, 2.75) is 51.6 Å². The summed E-state index contributed by atoms with van der Waals surface area (Å²) in [6, 6.07) is 12.4. The molecule has 194 valence electrons. The van der Waals surface area contributed by atoms with E-state index in [4.69, 9.17) is 0 Å². The maximum absolute atomic E-state index is 13.0. The summed E-state index contributed by atoms with van der Waals surface area (Å²) < 4.78 is 0. The number of amides is 2. The molecule has 0 radical (unpaired) electrons. The zero-order chi connectivity index (χ0) is 26.9. The number of tetrazole rings is 1. The van der Waals surface area contributed by atoms with Crippen molar-refractivity contribution in [3.05, 3.63) is 82.4 Å². The van der Waals surface area contributed by atoms with Crippen molar-refractivity contribution in [2.24, 2.45) is 0 Å². The normalized spacial score (nSPS) is 14.7. The van der Waals surface area contributed by atoms with Crippen LogP contribution in [0.2, 0.25) is 0 Å². The van der Waals surface area contributed by atoms with E-state index in [1.807, 2.05) is 51.1 Å². The van der Waals surface area contributed by atoms with Crippen LogP contribution in [0.5, 0.6) is 5.75 Å². The highest BCUT2D eigenvalue weighted by Gasteiger charge is 2.26. The molecule has 0 spiro atoms. The number of fused-ring (bicyclic) bond motifs is 1. The molecule has 0 fully saturated rings. The fourth-order valence-corrected chi connectivity index (χ4v) is 4.62. The molecule has 0 saturated carbocycles. The van der Waals surface area contributed by atoms with E-state index in [1.165, 1.54) is 12.4 Å². The molecule has 2 aromatic carbocycles. The minimum absolute atomic E-state index is 0.0808. The molecule has 38 heavy (non-hydrogen) atoms. The number of aromatic nitrogens is 6. The SMILES string of the molecule is CC(C)(C)c1ccc(CNC(=O)c2cc(C(=O)N[C@H]3CCc4cc(-c5nn[nH]n5)ccc43)ncn2)cc1O. The van der Waals surface area contributed by atoms with Crippen LogP contribution in [0.1, 0.15) is 76.5 Å². The molecule has 2 aromatic heterocycles. The van der Waals surface area contributed by atoms with Gasteiger partial charge in [0.15, 0.2) is 0 Å². The number of aryl methyl sites for hydroxylation is 1. The van der Waals surface area contributed by atoms with E-state index in [2.05, 4.69) is 41.2 Å². The zero-order valence-corrected chi connectivity index (χ0v) is 21.3. The predicted octanol–water partition coefficient (Wildman–Crippen LogP) is 3.01. The van der Waals surface area contributed by atoms with E-state index in [-0.39, 0.29) is 41.0 Å². The fraction of sp³-hybridized carbons (Fsp3) is 0.296. The lowest BCUT2D eigenvalue weighted by atomic mass is 9.86. The molecule has 5 rings (SSSR count). The molecular weight excluding hydrogens is 484 g/mol. The van der Waals surface area contributed by atoms with Crippen molar-refractivity contribution in [1.82, 2.24) is 41.2 Å². The van der Waals surface area contributed by atoms with Gasteiger partial charge in [-0.1, -0.05) is 45.0 Å². The van der Waals surface area contributed by atoms with Gasteiger partial charge in [-0.3, -0.25) is 9.59 Å². The van der Waals surface area contributed by atoms with Crippen molar-refractivity contribution >= 4 is 11.8 Å². The third-order valence-corrected chi connectivity index (χ3v) is 6.59. The second-order valence-corrected chi connectivity index (χ2v) is 10.3. The molecule has 2 heterocycles. The minimum atomic E-state index is -0.443. The first kappa shape index (κ1) is 25.0. The quantitative estimate of drug-likeness (QED) is 0.307. The average molecular weight is 513 g/mol. The predicted molar refractivity (Wildman–Crippen MR) is 138 cm³/mol. The number of phenolic OH excluding ortho intramolecular Hbond substituents is 1. The maximum atomic E-state index is 13.0. The molecule has 1 atom stereocenters. The van der Waals surface area contributed by atoms with E-state index in [0.717, 1.165) is 40.7 Å². The van der Waals surface area contributed by atoms with Crippen molar-refractivity contribution in [1.29, 1.82) is 0 Å². The first-order chi connectivity index (χ1) is 18.2. The molecule has 11 nitrogen and oxygen atoms in total. The number of nitrogens with zero attached hydrogens (tertiary/aromatic N) is 5. The van der Waals surface area contributed by atoms with Crippen LogP contribution in [0.4, 0.5) is 0 Å². The van der Waals surface area contributed by atoms with Crippen molar-refractivity contribution < 1.29 is 14.7 Å². The monoisotopic (exact) mass is 512 g/mol. The minimum Gasteiger partial charge on any atom is -0.508 e. The Labute approximate surface area is 219 Å². The van der Waals surface area contributed by atoms with Gasteiger partial charge in [-0.15, -0.1) is 10.2 Å². The van der Waals surface area contributed by atoms with Crippen molar-refractivity contribution in [2.75, 3.05) is 0 Å². The van der Waals surface area contributed by atoms with Crippen LogP contribution >= 0.6 is 0 Å². The average Bonchev–Trinajstić information content (AvgIpc) is 3.57. The Bertz CT molecular complexity index is 1490. The Morgan fingerprint density at radius 3 is 2.55 bits per heavy atom. The van der Waals surface area contributed by atoms with Gasteiger partial charge in [-0.2, -0.15) is 5.21 Å². The molecule has 4 N–H and O–H groups in total. The van der Waals surface area contributed by atoms with E-state index in [1.54, 1.807) is 6.07 Å². The number of benzene rings is 2. The summed E-state index contributed by atoms with van der Waals surface area (Å²) in [6.07, 6.45) is 2.75. The molecule has 0 saturated heterocycles. The Kier molecular flexibility index (Phi) is 6.58. The lowest BCUT2D eigenvalue weighted by Gasteiger charge is -2.20. The summed E-state index contributed by atoms with van der Waals surface area (Å²) >= 11 is 0. The number of carbonyl (C=O) groups is 2. The van der Waals surface area contributed by atoms with Crippen LogP contribution in [-0.4, -0.2) is 47.5 Å². The van der Waals surface area contributed by atoms with E-state index < -0.39 is 5.91 Å². The van der Waals surface area contributed by atoms with Crippen LogP contribution in [0.25, 0.3) is 11.4 Å². The number of nitrogens with one attached hydrogen (secondary N) is 3. The fourth-order valence-electron chi connectivity index (χ4n) is 4.62. The molecule has 2 amide bonds. The molecule has 0 bridgehead atoms. The van der Waals surface area contributed by atoms with Gasteiger partial charge < -0.3 is 15.7 Å². The van der Waals surface area contributed by atoms with Gasteiger partial charge in [0.2, 0.25) is 5.82 Å². The van der Waals surface area contributed by atoms with Gasteiger partial charge in [0.25, 0.3) is 11.8 Å². The number of hydrogen-bond donors (Lipinski definition) is 4. The van der Waals surface area contributed by atoms with Gasteiger partial charge in [-0.25, -0.2) is 9.97 Å². The molecule has 1 aliphatic rings. The third-order valence-electron chi connectivity index (χ3n) is 6.59. The Balaban J connectivity index is 1.22. The summed E-state index contributed by atoms with van der Waals surface area (Å²) in [5.74, 6) is -0.124. The maximum Gasteiger partial charge on any atom is 0.270 e. The molecular formula is C27H28N8O3. The van der Waals surface area contributed by atoms with Gasteiger partial charge in [0, 0.05) is 18.2 Å². The molecule has 1 aliphatic carbocycles. The van der Waals surface area contributed by atoms with Gasteiger partial charge in [0.05, 0.1) is 6.04 Å². The lowest BCUT2D eigenvalue weighted by Crippen LogP contribution is -2.29. The van der Waals surface area contributed by atoms with Gasteiger partial charge >= 0.3 is 0 Å². The highest BCUT2D eigenvalue weighted by atomic mass is 16.3. The van der Waals surface area contributed by atoms with Crippen LogP contribution in [0.15, 0.2) is 48.8 Å². The highest BCUT2D eigenvalue weighted by Crippen LogP contribution is 2.34. The Hall–Kier alpha value is -4.67. The van der Waals surface area contributed by atoms with E-state index in [9.17, 15) is 14.7 Å². The van der Waals surface area contributed by atoms with Gasteiger partial charge in [-0.05, 0) is 57.9 Å². The van der Waals surface area contributed by atoms with Crippen LogP contribution < -0.4 is 10.6 Å². The lowest BCUT2D eigenvalue weighted by molar-refractivity contribution is 0.0931. The molecule has 0 aliphatic heterocycles. The summed E-state index contributed by atoms with van der Waals surface area (Å²) in [4.78, 5) is 33.8. The van der Waals surface area contributed by atoms with Gasteiger partial charge in [0.1, 0.15) is 23.5 Å². The van der Waals surface area contributed by atoms with Crippen molar-refractivity contribution in [3.8, 4) is 17.1 Å². The topological polar surface area (TPSA) is 159 Å². The largest absolute Gasteiger partial charge is 0.508 e. The molecule has 11 heteroatoms. The van der Waals surface area contributed by atoms with Crippen molar-refractivity contribution in [3.63, 3.8) is 0 Å². The number of phenols is 1. The number of aromatic hydroxyl groups is 1. The Morgan fingerprint density at radius 2 is 1.84 bits per heavy atom. The first-order valence-corrected chi connectivity index (χ1v) is 12.3. The summed E-state index contributed by atoms with van der Waals surface area (Å²) in [5, 5.41) is 30.2.